The summed E-state index contributed by atoms with van der Waals surface area (Å²) in [5.74, 6) is 0.0231. The summed E-state index contributed by atoms with van der Waals surface area (Å²) in [6.45, 7) is 1.68. The first kappa shape index (κ1) is 13.9. The Labute approximate surface area is 117 Å². The number of hydrogen-bond acceptors (Lipinski definition) is 3. The van der Waals surface area contributed by atoms with Gasteiger partial charge in [-0.05, 0) is 6.92 Å². The Balaban J connectivity index is 3.12. The Morgan fingerprint density at radius 1 is 1.20 bits per heavy atom. The van der Waals surface area contributed by atoms with E-state index in [9.17, 15) is 0 Å². The molecule has 1 atom stereocenters. The monoisotopic (exact) mass is 329 g/mol. The summed E-state index contributed by atoms with van der Waals surface area (Å²) in [5, 5.41) is 0. The highest BCUT2D eigenvalue weighted by Gasteiger charge is 2.44. The van der Waals surface area contributed by atoms with E-state index >= 15 is 0 Å². The van der Waals surface area contributed by atoms with Crippen molar-refractivity contribution >= 4 is 81.8 Å². The van der Waals surface area contributed by atoms with E-state index in [2.05, 4.69) is 9.98 Å². The Kier molecular flexibility index (Phi) is 4.30. The lowest BCUT2D eigenvalue weighted by molar-refractivity contribution is 0.334. The van der Waals surface area contributed by atoms with Crippen LogP contribution in [0.2, 0.25) is 0 Å². The third-order valence-corrected chi connectivity index (χ3v) is 2.64. The molecule has 9 heteroatoms. The van der Waals surface area contributed by atoms with Crippen LogP contribution in [0.3, 0.4) is 0 Å². The van der Waals surface area contributed by atoms with E-state index in [4.69, 9.17) is 69.6 Å². The van der Waals surface area contributed by atoms with Gasteiger partial charge in [-0.2, -0.15) is 0 Å². The maximum atomic E-state index is 5.73. The molecule has 1 aliphatic rings. The van der Waals surface area contributed by atoms with Crippen LogP contribution in [0.15, 0.2) is 9.98 Å². The fourth-order valence-electron chi connectivity index (χ4n) is 1.03. The number of alkyl halides is 6. The molecule has 0 aromatic rings. The van der Waals surface area contributed by atoms with E-state index in [1.165, 1.54) is 11.2 Å². The van der Waals surface area contributed by atoms with Gasteiger partial charge < -0.3 is 0 Å². The zero-order valence-corrected chi connectivity index (χ0v) is 11.8. The van der Waals surface area contributed by atoms with Crippen molar-refractivity contribution in [1.29, 1.82) is 0 Å². The molecule has 15 heavy (non-hydrogen) atoms. The minimum Gasteiger partial charge on any atom is -0.290 e. The van der Waals surface area contributed by atoms with E-state index in [1.807, 2.05) is 0 Å². The molecular formula is C6H5Cl6N3. The third kappa shape index (κ3) is 3.42. The predicted molar refractivity (Wildman–Crippen MR) is 67.8 cm³/mol. The lowest BCUT2D eigenvalue weighted by atomic mass is 10.4. The molecule has 1 rings (SSSR count). The molecule has 0 spiro atoms. The van der Waals surface area contributed by atoms with Gasteiger partial charge in [0.2, 0.25) is 3.79 Å². The second-order valence-electron chi connectivity index (χ2n) is 2.68. The SMILES string of the molecule is CC1N=CN=C(C(Cl)(Cl)Cl)N1C(Cl)(Cl)Cl. The topological polar surface area (TPSA) is 28.0 Å². The Morgan fingerprint density at radius 3 is 2.07 bits per heavy atom. The van der Waals surface area contributed by atoms with E-state index in [1.54, 1.807) is 6.92 Å². The predicted octanol–water partition coefficient (Wildman–Crippen LogP) is 3.77. The number of nitrogens with zero attached hydrogens (tertiary/aromatic N) is 3. The molecule has 1 unspecified atom stereocenters. The largest absolute Gasteiger partial charge is 0.290 e. The highest BCUT2D eigenvalue weighted by atomic mass is 35.6. The van der Waals surface area contributed by atoms with Gasteiger partial charge in [0.25, 0.3) is 3.92 Å². The normalized spacial score (nSPS) is 23.0. The first-order valence-electron chi connectivity index (χ1n) is 3.66. The molecule has 1 heterocycles. The van der Waals surface area contributed by atoms with E-state index < -0.39 is 13.9 Å². The molecule has 0 radical (unpaired) electrons. The maximum Gasteiger partial charge on any atom is 0.270 e. The lowest BCUT2D eigenvalue weighted by Gasteiger charge is -2.38. The van der Waals surface area contributed by atoms with E-state index in [0.717, 1.165) is 0 Å². The van der Waals surface area contributed by atoms with Gasteiger partial charge in [0.15, 0.2) is 5.84 Å². The molecule has 0 fully saturated rings. The van der Waals surface area contributed by atoms with Crippen molar-refractivity contribution in [3.8, 4) is 0 Å². The number of amidine groups is 1. The van der Waals surface area contributed by atoms with Gasteiger partial charge >= 0.3 is 0 Å². The van der Waals surface area contributed by atoms with Crippen molar-refractivity contribution in [2.24, 2.45) is 9.98 Å². The van der Waals surface area contributed by atoms with Crippen molar-refractivity contribution < 1.29 is 0 Å². The van der Waals surface area contributed by atoms with Crippen LogP contribution in [-0.2, 0) is 0 Å². The number of aliphatic imine (C=N–C) groups is 2. The summed E-state index contributed by atoms with van der Waals surface area (Å²) in [4.78, 5) is 8.93. The van der Waals surface area contributed by atoms with Gasteiger partial charge in [0.1, 0.15) is 12.5 Å². The van der Waals surface area contributed by atoms with Gasteiger partial charge in [-0.3, -0.25) is 4.90 Å². The molecule has 0 bridgehead atoms. The Hall–Kier alpha value is 0.880. The maximum absolute atomic E-state index is 5.73. The standard InChI is InChI=1S/C6H5Cl6N3/c1-3-13-2-14-4(5(7,8)9)15(3)6(10,11)12/h2-3H,1H3. The molecule has 0 saturated heterocycles. The molecular weight excluding hydrogens is 327 g/mol. The summed E-state index contributed by atoms with van der Waals surface area (Å²) in [6.07, 6.45) is 0.787. The van der Waals surface area contributed by atoms with Gasteiger partial charge in [0, 0.05) is 0 Å². The lowest BCUT2D eigenvalue weighted by Crippen LogP contribution is -2.52. The molecule has 0 aliphatic carbocycles. The minimum atomic E-state index is -1.78. The molecule has 86 valence electrons. The van der Waals surface area contributed by atoms with E-state index in [-0.39, 0.29) is 5.84 Å². The average Bonchev–Trinajstić information content (AvgIpc) is 1.99. The zero-order chi connectivity index (χ0) is 11.9. The molecule has 0 aromatic carbocycles. The van der Waals surface area contributed by atoms with Crippen molar-refractivity contribution in [2.45, 2.75) is 20.8 Å². The molecule has 0 amide bonds. The third-order valence-electron chi connectivity index (χ3n) is 1.59. The summed E-state index contributed by atoms with van der Waals surface area (Å²) in [6, 6.07) is 0. The van der Waals surface area contributed by atoms with Crippen LogP contribution in [0.1, 0.15) is 6.92 Å². The summed E-state index contributed by atoms with van der Waals surface area (Å²) in [7, 11) is 0. The van der Waals surface area contributed by atoms with Gasteiger partial charge in [-0.15, -0.1) is 0 Å². The minimum absolute atomic E-state index is 0.0231. The van der Waals surface area contributed by atoms with Crippen molar-refractivity contribution in [3.63, 3.8) is 0 Å². The molecule has 3 nitrogen and oxygen atoms in total. The van der Waals surface area contributed by atoms with Gasteiger partial charge in [-0.25, -0.2) is 9.98 Å². The second kappa shape index (κ2) is 4.63. The fraction of sp³-hybridized carbons (Fsp3) is 0.667. The van der Waals surface area contributed by atoms with Crippen LogP contribution in [0.5, 0.6) is 0 Å². The van der Waals surface area contributed by atoms with Crippen LogP contribution in [0.25, 0.3) is 0 Å². The number of halogens is 6. The fourth-order valence-corrected chi connectivity index (χ4v) is 2.12. The number of rotatable bonds is 0. The second-order valence-corrected chi connectivity index (χ2v) is 7.19. The van der Waals surface area contributed by atoms with Gasteiger partial charge in [0.05, 0.1) is 0 Å². The smallest absolute Gasteiger partial charge is 0.270 e. The molecule has 0 saturated carbocycles. The molecule has 0 aromatic heterocycles. The zero-order valence-electron chi connectivity index (χ0n) is 7.26. The molecule has 1 aliphatic heterocycles. The van der Waals surface area contributed by atoms with Crippen LogP contribution in [0, 0.1) is 0 Å². The summed E-state index contributed by atoms with van der Waals surface area (Å²) < 4.78 is -3.55. The Bertz CT molecular complexity index is 301. The van der Waals surface area contributed by atoms with Crippen molar-refractivity contribution in [1.82, 2.24) is 4.90 Å². The average molecular weight is 332 g/mol. The van der Waals surface area contributed by atoms with Crippen LogP contribution in [-0.4, -0.2) is 30.9 Å². The first-order valence-corrected chi connectivity index (χ1v) is 5.93. The van der Waals surface area contributed by atoms with Crippen LogP contribution < -0.4 is 0 Å². The quantitative estimate of drug-likeness (QED) is 0.490. The Morgan fingerprint density at radius 2 is 1.73 bits per heavy atom. The number of hydrogen-bond donors (Lipinski definition) is 0. The van der Waals surface area contributed by atoms with Crippen LogP contribution >= 0.6 is 69.6 Å². The summed E-state index contributed by atoms with van der Waals surface area (Å²) >= 11 is 34.3. The molecule has 0 N–H and O–H groups in total. The van der Waals surface area contributed by atoms with Crippen molar-refractivity contribution in [2.75, 3.05) is 0 Å². The van der Waals surface area contributed by atoms with Gasteiger partial charge in [-0.1, -0.05) is 69.6 Å². The first-order chi connectivity index (χ1) is 6.64. The van der Waals surface area contributed by atoms with E-state index in [0.29, 0.717) is 0 Å². The highest BCUT2D eigenvalue weighted by molar-refractivity contribution is 6.77. The van der Waals surface area contributed by atoms with Crippen molar-refractivity contribution in [3.05, 3.63) is 0 Å². The highest BCUT2D eigenvalue weighted by Crippen LogP contribution is 2.40. The summed E-state index contributed by atoms with van der Waals surface area (Å²) in [5.41, 5.74) is 0. The van der Waals surface area contributed by atoms with Crippen LogP contribution in [0.4, 0.5) is 0 Å².